The second kappa shape index (κ2) is 7.43. The number of fused-ring (bicyclic) bond motifs is 1. The number of rotatable bonds is 3. The van der Waals surface area contributed by atoms with Gasteiger partial charge in [-0.2, -0.15) is 0 Å². The molecule has 0 spiro atoms. The summed E-state index contributed by atoms with van der Waals surface area (Å²) in [5.41, 5.74) is 3.61. The molecule has 3 aromatic rings. The van der Waals surface area contributed by atoms with Gasteiger partial charge in [0.1, 0.15) is 5.82 Å². The van der Waals surface area contributed by atoms with Gasteiger partial charge < -0.3 is 4.98 Å². The van der Waals surface area contributed by atoms with Crippen LogP contribution in [0.4, 0.5) is 0 Å². The van der Waals surface area contributed by atoms with Gasteiger partial charge >= 0.3 is 0 Å². The van der Waals surface area contributed by atoms with Gasteiger partial charge in [0.25, 0.3) is 5.56 Å². The van der Waals surface area contributed by atoms with E-state index >= 15 is 0 Å². The molecule has 0 radical (unpaired) electrons. The summed E-state index contributed by atoms with van der Waals surface area (Å²) in [6, 6.07) is 8.00. The predicted octanol–water partition coefficient (Wildman–Crippen LogP) is 4.40. The molecule has 1 aliphatic heterocycles. The van der Waals surface area contributed by atoms with Gasteiger partial charge in [-0.15, -0.1) is 11.3 Å². The van der Waals surface area contributed by atoms with Crippen molar-refractivity contribution in [2.45, 2.75) is 45.7 Å². The van der Waals surface area contributed by atoms with Gasteiger partial charge in [-0.3, -0.25) is 14.7 Å². The lowest BCUT2D eigenvalue weighted by Crippen LogP contribution is -2.37. The normalized spacial score (nSPS) is 14.9. The highest BCUT2D eigenvalue weighted by molar-refractivity contribution is 7.19. The summed E-state index contributed by atoms with van der Waals surface area (Å²) < 4.78 is 0.765. The average Bonchev–Trinajstić information content (AvgIpc) is 3.08. The van der Waals surface area contributed by atoms with E-state index in [0.29, 0.717) is 6.54 Å². The van der Waals surface area contributed by atoms with Crippen molar-refractivity contribution in [2.24, 2.45) is 0 Å². The van der Waals surface area contributed by atoms with E-state index in [-0.39, 0.29) is 11.0 Å². The molecule has 5 nitrogen and oxygen atoms in total. The van der Waals surface area contributed by atoms with Crippen molar-refractivity contribution in [3.8, 4) is 10.6 Å². The van der Waals surface area contributed by atoms with Gasteiger partial charge in [0.15, 0.2) is 0 Å². The molecule has 0 fully saturated rings. The number of hydrogen-bond acceptors (Lipinski definition) is 5. The third-order valence-corrected chi connectivity index (χ3v) is 6.17. The first-order valence-electron chi connectivity index (χ1n) is 9.35. The second-order valence-electron chi connectivity index (χ2n) is 8.21. The van der Waals surface area contributed by atoms with Crippen LogP contribution in [0.2, 0.25) is 4.34 Å². The zero-order chi connectivity index (χ0) is 19.9. The maximum atomic E-state index is 12.6. The molecule has 0 amide bonds. The summed E-state index contributed by atoms with van der Waals surface area (Å²) in [6.45, 7) is 8.45. The van der Waals surface area contributed by atoms with Crippen LogP contribution in [-0.4, -0.2) is 26.4 Å². The minimum atomic E-state index is -0.161. The van der Waals surface area contributed by atoms with E-state index in [1.165, 1.54) is 11.3 Å². The molecule has 4 rings (SSSR count). The molecule has 1 aliphatic rings. The Labute approximate surface area is 173 Å². The van der Waals surface area contributed by atoms with E-state index in [9.17, 15) is 4.79 Å². The Morgan fingerprint density at radius 2 is 2.07 bits per heavy atom. The first-order valence-corrected chi connectivity index (χ1v) is 10.5. The topological polar surface area (TPSA) is 61.9 Å². The summed E-state index contributed by atoms with van der Waals surface area (Å²) in [5, 5.41) is 0. The van der Waals surface area contributed by atoms with Crippen LogP contribution in [0.3, 0.4) is 0 Å². The Morgan fingerprint density at radius 1 is 1.25 bits per heavy atom. The van der Waals surface area contributed by atoms with Crippen LogP contribution in [-0.2, 0) is 24.9 Å². The molecule has 0 bridgehead atoms. The fourth-order valence-corrected chi connectivity index (χ4v) is 4.36. The second-order valence-corrected chi connectivity index (χ2v) is 9.92. The molecule has 0 atom stereocenters. The molecule has 0 unspecified atom stereocenters. The van der Waals surface area contributed by atoms with Crippen molar-refractivity contribution in [1.29, 1.82) is 0 Å². The largest absolute Gasteiger partial charge is 0.310 e. The number of aromatic nitrogens is 3. The van der Waals surface area contributed by atoms with Crippen LogP contribution >= 0.6 is 22.9 Å². The minimum Gasteiger partial charge on any atom is -0.310 e. The zero-order valence-corrected chi connectivity index (χ0v) is 17.8. The minimum absolute atomic E-state index is 0.0114. The summed E-state index contributed by atoms with van der Waals surface area (Å²) in [7, 11) is 0. The van der Waals surface area contributed by atoms with Crippen LogP contribution in [0.25, 0.3) is 10.6 Å². The molecule has 4 heterocycles. The number of aromatic amines is 1. The van der Waals surface area contributed by atoms with Crippen molar-refractivity contribution in [1.82, 2.24) is 19.9 Å². The zero-order valence-electron chi connectivity index (χ0n) is 16.3. The summed E-state index contributed by atoms with van der Waals surface area (Å²) in [5.74, 6) is 0.762. The first kappa shape index (κ1) is 19.3. The van der Waals surface area contributed by atoms with Crippen LogP contribution in [0.15, 0.2) is 35.3 Å². The van der Waals surface area contributed by atoms with Gasteiger partial charge in [-0.25, -0.2) is 4.98 Å². The molecule has 0 saturated heterocycles. The number of thiophene rings is 1. The highest BCUT2D eigenvalue weighted by Gasteiger charge is 2.24. The van der Waals surface area contributed by atoms with Crippen LogP contribution < -0.4 is 5.56 Å². The van der Waals surface area contributed by atoms with Gasteiger partial charge in [-0.1, -0.05) is 38.4 Å². The van der Waals surface area contributed by atoms with Crippen LogP contribution in [0.5, 0.6) is 0 Å². The lowest BCUT2D eigenvalue weighted by molar-refractivity contribution is 0.240. The third kappa shape index (κ3) is 4.04. The first-order chi connectivity index (χ1) is 13.3. The smallest absolute Gasteiger partial charge is 0.255 e. The summed E-state index contributed by atoms with van der Waals surface area (Å²) in [6.07, 6.45) is 2.70. The van der Waals surface area contributed by atoms with E-state index in [1.54, 1.807) is 0 Å². The molecule has 3 aromatic heterocycles. The lowest BCUT2D eigenvalue weighted by atomic mass is 9.95. The fourth-order valence-electron chi connectivity index (χ4n) is 3.35. The number of halogens is 1. The van der Waals surface area contributed by atoms with Crippen molar-refractivity contribution < 1.29 is 0 Å². The van der Waals surface area contributed by atoms with Gasteiger partial charge in [-0.05, 0) is 23.8 Å². The Bertz CT molecular complexity index is 1050. The fraction of sp³-hybridized carbons (Fsp3) is 0.381. The summed E-state index contributed by atoms with van der Waals surface area (Å²) in [4.78, 5) is 28.2. The van der Waals surface area contributed by atoms with Gasteiger partial charge in [0, 0.05) is 37.7 Å². The van der Waals surface area contributed by atoms with Crippen LogP contribution in [0.1, 0.15) is 43.4 Å². The Morgan fingerprint density at radius 3 is 2.71 bits per heavy atom. The number of H-pyrrole nitrogens is 1. The molecule has 0 saturated carbocycles. The maximum absolute atomic E-state index is 12.6. The highest BCUT2D eigenvalue weighted by Crippen LogP contribution is 2.30. The van der Waals surface area contributed by atoms with E-state index < -0.39 is 0 Å². The number of nitrogens with zero attached hydrogens (tertiary/aromatic N) is 3. The number of hydrogen-bond donors (Lipinski definition) is 1. The SMILES string of the molecule is CC(C)(C)c1nc2c(c(=O)[nH]1)CN(Cc1ccc(-c3ccc(Cl)s3)nc1)CC2. The molecule has 1 N–H and O–H groups in total. The Hall–Kier alpha value is -2.02. The molecule has 146 valence electrons. The average molecular weight is 415 g/mol. The quantitative estimate of drug-likeness (QED) is 0.689. The van der Waals surface area contributed by atoms with E-state index in [1.807, 2.05) is 24.4 Å². The Balaban J connectivity index is 1.49. The summed E-state index contributed by atoms with van der Waals surface area (Å²) >= 11 is 7.54. The van der Waals surface area contributed by atoms with E-state index in [0.717, 1.165) is 57.1 Å². The predicted molar refractivity (Wildman–Crippen MR) is 114 cm³/mol. The molecule has 28 heavy (non-hydrogen) atoms. The van der Waals surface area contributed by atoms with Crippen molar-refractivity contribution in [3.05, 3.63) is 67.8 Å². The van der Waals surface area contributed by atoms with E-state index in [2.05, 4.69) is 41.7 Å². The molecular formula is C21H23ClN4OS. The molecule has 0 aliphatic carbocycles. The standard InChI is InChI=1S/C21H23ClN4OS/c1-21(2,3)20-24-15-8-9-26(12-14(15)19(27)25-20)11-13-4-5-16(23-10-13)17-6-7-18(22)28-17/h4-7,10H,8-9,11-12H2,1-3H3,(H,24,25,27). The van der Waals surface area contributed by atoms with E-state index in [4.69, 9.17) is 16.6 Å². The third-order valence-electron chi connectivity index (χ3n) is 4.91. The van der Waals surface area contributed by atoms with Crippen molar-refractivity contribution in [3.63, 3.8) is 0 Å². The lowest BCUT2D eigenvalue weighted by Gasteiger charge is -2.28. The molecule has 7 heteroatoms. The van der Waals surface area contributed by atoms with Gasteiger partial charge in [0.05, 0.1) is 26.2 Å². The monoisotopic (exact) mass is 414 g/mol. The van der Waals surface area contributed by atoms with Crippen molar-refractivity contribution in [2.75, 3.05) is 6.54 Å². The van der Waals surface area contributed by atoms with Crippen LogP contribution in [0, 0.1) is 0 Å². The molecule has 0 aromatic carbocycles. The maximum Gasteiger partial charge on any atom is 0.255 e. The number of pyridine rings is 1. The highest BCUT2D eigenvalue weighted by atomic mass is 35.5. The molecular weight excluding hydrogens is 392 g/mol. The van der Waals surface area contributed by atoms with Crippen molar-refractivity contribution >= 4 is 22.9 Å². The Kier molecular flexibility index (Phi) is 5.12. The number of nitrogens with one attached hydrogen (secondary N) is 1. The van der Waals surface area contributed by atoms with Gasteiger partial charge in [0.2, 0.25) is 0 Å².